The third kappa shape index (κ3) is 1.43. The summed E-state index contributed by atoms with van der Waals surface area (Å²) in [4.78, 5) is 20.6. The van der Waals surface area contributed by atoms with Crippen molar-refractivity contribution in [1.82, 2.24) is 0 Å². The molecule has 7 heteroatoms. The molecule has 0 bridgehead atoms. The zero-order valence-corrected chi connectivity index (χ0v) is 7.32. The normalized spacial score (nSPS) is 17.5. The fourth-order valence-corrected chi connectivity index (χ4v) is 1.33. The number of carbonyl (C=O) groups is 1. The third-order valence-corrected chi connectivity index (χ3v) is 2.03. The molecule has 2 rings (SSSR count). The topological polar surface area (TPSA) is 105 Å². The van der Waals surface area contributed by atoms with Gasteiger partial charge in [-0.25, -0.2) is 4.79 Å². The van der Waals surface area contributed by atoms with E-state index in [0.29, 0.717) is 5.56 Å². The van der Waals surface area contributed by atoms with Crippen LogP contribution in [0.5, 0.6) is 0 Å². The molecule has 1 atom stereocenters. The van der Waals surface area contributed by atoms with Gasteiger partial charge >= 0.3 is 5.97 Å². The molecule has 76 valence electrons. The highest BCUT2D eigenvalue weighted by Gasteiger charge is 2.28. The Hall–Kier alpha value is -2.31. The van der Waals surface area contributed by atoms with Crippen molar-refractivity contribution in [3.63, 3.8) is 0 Å². The fraction of sp³-hybridized carbons (Fsp3) is 0.125. The van der Waals surface area contributed by atoms with E-state index in [4.69, 9.17) is 5.11 Å². The molecule has 1 heterocycles. The Morgan fingerprint density at radius 1 is 1.53 bits per heavy atom. The van der Waals surface area contributed by atoms with Crippen LogP contribution in [-0.4, -0.2) is 16.0 Å². The van der Waals surface area contributed by atoms with E-state index in [2.05, 4.69) is 10.2 Å². The first-order valence-electron chi connectivity index (χ1n) is 4.01. The van der Waals surface area contributed by atoms with Gasteiger partial charge in [0.25, 0.3) is 5.69 Å². The maximum atomic E-state index is 10.7. The van der Waals surface area contributed by atoms with E-state index in [1.165, 1.54) is 18.2 Å². The molecular formula is C8H5N3O4. The molecule has 15 heavy (non-hydrogen) atoms. The van der Waals surface area contributed by atoms with Gasteiger partial charge in [-0.3, -0.25) is 10.1 Å². The van der Waals surface area contributed by atoms with Crippen molar-refractivity contribution in [3.8, 4) is 0 Å². The summed E-state index contributed by atoms with van der Waals surface area (Å²) < 4.78 is 0. The number of aliphatic carboxylic acids is 1. The van der Waals surface area contributed by atoms with Crippen LogP contribution in [0.3, 0.4) is 0 Å². The fourth-order valence-electron chi connectivity index (χ4n) is 1.33. The average molecular weight is 207 g/mol. The Morgan fingerprint density at radius 3 is 2.87 bits per heavy atom. The van der Waals surface area contributed by atoms with Crippen molar-refractivity contribution in [1.29, 1.82) is 0 Å². The van der Waals surface area contributed by atoms with Crippen molar-refractivity contribution < 1.29 is 14.8 Å². The summed E-state index contributed by atoms with van der Waals surface area (Å²) in [5.74, 6) is -1.12. The van der Waals surface area contributed by atoms with Gasteiger partial charge in [0.05, 0.1) is 10.6 Å². The average Bonchev–Trinajstić information content (AvgIpc) is 2.59. The van der Waals surface area contributed by atoms with Gasteiger partial charge in [-0.1, -0.05) is 0 Å². The summed E-state index contributed by atoms with van der Waals surface area (Å²) in [6.45, 7) is 0. The molecule has 1 unspecified atom stereocenters. The summed E-state index contributed by atoms with van der Waals surface area (Å²) in [6, 6.07) is 2.78. The molecule has 1 aliphatic heterocycles. The molecule has 1 N–H and O–H groups in total. The molecule has 0 amide bonds. The van der Waals surface area contributed by atoms with Gasteiger partial charge in [-0.15, -0.1) is 0 Å². The van der Waals surface area contributed by atoms with Gasteiger partial charge in [-0.05, 0) is 6.07 Å². The van der Waals surface area contributed by atoms with Crippen molar-refractivity contribution in [2.24, 2.45) is 10.2 Å². The Balaban J connectivity index is 2.46. The SMILES string of the molecule is O=C(O)C1N=Nc2cc([N+](=O)[O-])ccc21. The van der Waals surface area contributed by atoms with Crippen LogP contribution in [0.2, 0.25) is 0 Å². The van der Waals surface area contributed by atoms with Crippen LogP contribution in [0, 0.1) is 10.1 Å². The minimum atomic E-state index is -1.12. The highest BCUT2D eigenvalue weighted by atomic mass is 16.6. The lowest BCUT2D eigenvalue weighted by Crippen LogP contribution is -2.06. The van der Waals surface area contributed by atoms with Gasteiger partial charge in [0.1, 0.15) is 0 Å². The first-order chi connectivity index (χ1) is 7.09. The number of nitro groups is 1. The van der Waals surface area contributed by atoms with Gasteiger partial charge < -0.3 is 5.11 Å². The van der Waals surface area contributed by atoms with E-state index in [-0.39, 0.29) is 11.4 Å². The van der Waals surface area contributed by atoms with E-state index in [9.17, 15) is 14.9 Å². The highest BCUT2D eigenvalue weighted by molar-refractivity contribution is 5.79. The van der Waals surface area contributed by atoms with E-state index >= 15 is 0 Å². The second-order valence-corrected chi connectivity index (χ2v) is 2.96. The Kier molecular flexibility index (Phi) is 1.93. The van der Waals surface area contributed by atoms with Crippen LogP contribution in [0.15, 0.2) is 28.4 Å². The lowest BCUT2D eigenvalue weighted by molar-refractivity contribution is -0.384. The molecule has 0 radical (unpaired) electrons. The van der Waals surface area contributed by atoms with Crippen LogP contribution >= 0.6 is 0 Å². The van der Waals surface area contributed by atoms with E-state index in [1.54, 1.807) is 0 Å². The maximum absolute atomic E-state index is 10.7. The number of non-ortho nitro benzene ring substituents is 1. The summed E-state index contributed by atoms with van der Waals surface area (Å²) in [7, 11) is 0. The van der Waals surface area contributed by atoms with Gasteiger partial charge in [0, 0.05) is 17.7 Å². The van der Waals surface area contributed by atoms with E-state index in [1.807, 2.05) is 0 Å². The largest absolute Gasteiger partial charge is 0.479 e. The lowest BCUT2D eigenvalue weighted by Gasteiger charge is -2.00. The third-order valence-electron chi connectivity index (χ3n) is 2.03. The highest BCUT2D eigenvalue weighted by Crippen LogP contribution is 2.37. The number of rotatable bonds is 2. The number of fused-ring (bicyclic) bond motifs is 1. The second-order valence-electron chi connectivity index (χ2n) is 2.96. The molecule has 1 aromatic carbocycles. The number of hydrogen-bond acceptors (Lipinski definition) is 5. The summed E-state index contributed by atoms with van der Waals surface area (Å²) >= 11 is 0. The molecular weight excluding hydrogens is 202 g/mol. The molecule has 0 saturated carbocycles. The van der Waals surface area contributed by atoms with Crippen LogP contribution in [0.4, 0.5) is 11.4 Å². The maximum Gasteiger partial charge on any atom is 0.335 e. The van der Waals surface area contributed by atoms with Crippen LogP contribution in [0.1, 0.15) is 11.6 Å². The number of hydrogen-bond donors (Lipinski definition) is 1. The van der Waals surface area contributed by atoms with Crippen LogP contribution in [0.25, 0.3) is 0 Å². The first-order valence-corrected chi connectivity index (χ1v) is 4.01. The predicted molar refractivity (Wildman–Crippen MR) is 48.0 cm³/mol. The van der Waals surface area contributed by atoms with Crippen molar-refractivity contribution in [3.05, 3.63) is 33.9 Å². The molecule has 0 fully saturated rings. The van der Waals surface area contributed by atoms with Crippen molar-refractivity contribution >= 4 is 17.3 Å². The molecule has 1 aliphatic rings. The smallest absolute Gasteiger partial charge is 0.335 e. The number of carboxylic acid groups (broad SMARTS) is 1. The minimum Gasteiger partial charge on any atom is -0.479 e. The van der Waals surface area contributed by atoms with Gasteiger partial charge in [0.2, 0.25) is 0 Å². The van der Waals surface area contributed by atoms with Gasteiger partial charge in [0.15, 0.2) is 6.04 Å². The summed E-state index contributed by atoms with van der Waals surface area (Å²) in [5.41, 5.74) is 0.503. The second kappa shape index (κ2) is 3.12. The molecule has 7 nitrogen and oxygen atoms in total. The number of nitrogens with zero attached hydrogens (tertiary/aromatic N) is 3. The predicted octanol–water partition coefficient (Wildman–Crippen LogP) is 1.82. The Morgan fingerprint density at radius 2 is 2.27 bits per heavy atom. The number of benzene rings is 1. The number of azo groups is 1. The lowest BCUT2D eigenvalue weighted by atomic mass is 10.1. The van der Waals surface area contributed by atoms with Crippen molar-refractivity contribution in [2.75, 3.05) is 0 Å². The summed E-state index contributed by atoms with van der Waals surface area (Å²) in [5, 5.41) is 26.3. The summed E-state index contributed by atoms with van der Waals surface area (Å²) in [6.07, 6.45) is 0. The minimum absolute atomic E-state index is 0.126. The molecule has 0 aromatic heterocycles. The molecule has 0 aliphatic carbocycles. The van der Waals surface area contributed by atoms with E-state index < -0.39 is 16.9 Å². The molecule has 0 saturated heterocycles. The van der Waals surface area contributed by atoms with E-state index in [0.717, 1.165) is 0 Å². The molecule has 1 aromatic rings. The van der Waals surface area contributed by atoms with Crippen LogP contribution < -0.4 is 0 Å². The van der Waals surface area contributed by atoms with Crippen molar-refractivity contribution in [2.45, 2.75) is 6.04 Å². The first kappa shape index (κ1) is 9.25. The number of carboxylic acids is 1. The zero-order valence-electron chi connectivity index (χ0n) is 7.32. The Bertz CT molecular complexity index is 483. The zero-order chi connectivity index (χ0) is 11.0. The monoisotopic (exact) mass is 207 g/mol. The quantitative estimate of drug-likeness (QED) is 0.589. The molecule has 0 spiro atoms. The van der Waals surface area contributed by atoms with Crippen LogP contribution in [-0.2, 0) is 4.79 Å². The standard InChI is InChI=1S/C8H5N3O4/c12-8(13)7-5-2-1-4(11(14)15)3-6(5)9-10-7/h1-3,7H,(H,12,13). The number of nitro benzene ring substituents is 1. The van der Waals surface area contributed by atoms with Gasteiger partial charge in [-0.2, -0.15) is 10.2 Å². The Labute approximate surface area is 83.2 Å².